The number of aliphatic hydroxyl groups is 1. The molecular formula is C25H33FN4O3. The molecule has 3 rings (SSSR count). The van der Waals surface area contributed by atoms with Gasteiger partial charge in [-0.15, -0.1) is 0 Å². The lowest BCUT2D eigenvalue weighted by Crippen LogP contribution is -2.49. The first-order chi connectivity index (χ1) is 15.6. The number of hydrogen-bond donors (Lipinski definition) is 4. The van der Waals surface area contributed by atoms with Crippen molar-refractivity contribution in [3.8, 4) is 5.75 Å². The molecule has 33 heavy (non-hydrogen) atoms. The average Bonchev–Trinajstić information content (AvgIpc) is 2.77. The van der Waals surface area contributed by atoms with Gasteiger partial charge in [-0.25, -0.2) is 9.82 Å². The number of aryl methyl sites for hydroxylation is 1. The van der Waals surface area contributed by atoms with E-state index in [1.807, 2.05) is 52.0 Å². The number of β-amino-alcohol motifs (C(OH)–C–C–N with tert-alkyl or cyclic N) is 1. The predicted molar refractivity (Wildman–Crippen MR) is 128 cm³/mol. The summed E-state index contributed by atoms with van der Waals surface area (Å²) in [5.41, 5.74) is 5.91. The van der Waals surface area contributed by atoms with Crippen LogP contribution in [0, 0.1) is 18.7 Å². The Balaban J connectivity index is 1.44. The van der Waals surface area contributed by atoms with Gasteiger partial charge in [0, 0.05) is 42.7 Å². The minimum absolute atomic E-state index is 0.0555. The Bertz CT molecular complexity index is 992. The Hall–Kier alpha value is -2.97. The topological polar surface area (TPSA) is 95.0 Å². The number of halogens is 1. The number of hydrogen-bond acceptors (Lipinski definition) is 6. The number of aliphatic hydroxyl groups excluding tert-OH is 1. The highest BCUT2D eigenvalue weighted by Gasteiger charge is 2.22. The largest absolute Gasteiger partial charge is 0.490 e. The van der Waals surface area contributed by atoms with Gasteiger partial charge < -0.3 is 20.5 Å². The molecule has 1 aliphatic heterocycles. The van der Waals surface area contributed by atoms with Gasteiger partial charge in [0.25, 0.3) is 0 Å². The number of carbonyl (C=O) groups is 1. The van der Waals surface area contributed by atoms with Crippen LogP contribution in [-0.2, 0) is 4.79 Å². The van der Waals surface area contributed by atoms with Gasteiger partial charge in [0.1, 0.15) is 24.3 Å². The summed E-state index contributed by atoms with van der Waals surface area (Å²) in [4.78, 5) is 11.4. The lowest BCUT2D eigenvalue weighted by molar-refractivity contribution is -0.121. The fraction of sp³-hybridized carbons (Fsp3) is 0.440. The predicted octanol–water partition coefficient (Wildman–Crippen LogP) is 3.21. The fourth-order valence-corrected chi connectivity index (χ4v) is 3.52. The van der Waals surface area contributed by atoms with Gasteiger partial charge >= 0.3 is 0 Å². The van der Waals surface area contributed by atoms with Crippen molar-refractivity contribution in [3.05, 3.63) is 59.4 Å². The molecule has 1 amide bonds. The highest BCUT2D eigenvalue weighted by Crippen LogP contribution is 2.20. The van der Waals surface area contributed by atoms with E-state index >= 15 is 0 Å². The summed E-state index contributed by atoms with van der Waals surface area (Å²) in [6, 6.07) is 12.3. The Labute approximate surface area is 194 Å². The van der Waals surface area contributed by atoms with Crippen LogP contribution < -0.4 is 20.8 Å². The molecule has 2 atom stereocenters. The minimum Gasteiger partial charge on any atom is -0.490 e. The summed E-state index contributed by atoms with van der Waals surface area (Å²) >= 11 is 0. The maximum absolute atomic E-state index is 13.4. The first-order valence-electron chi connectivity index (χ1n) is 11.2. The number of benzene rings is 2. The molecule has 7 nitrogen and oxygen atoms in total. The second-order valence-electron chi connectivity index (χ2n) is 9.21. The summed E-state index contributed by atoms with van der Waals surface area (Å²) in [5.74, 6) is 0.104. The second-order valence-corrected chi connectivity index (χ2v) is 9.21. The van der Waals surface area contributed by atoms with E-state index < -0.39 is 6.10 Å². The molecule has 0 aromatic heterocycles. The number of hydrazone groups is 1. The molecule has 0 saturated carbocycles. The standard InChI is InChI=1S/C25H33FN4O3/c1-16-5-8-19(26)12-22(16)33-14-21(31)13-28-25(3,4)15-27-20-9-6-18(7-10-20)24-17(2)11-23(32)29-30-24/h5-10,12,17,21,27-28,31H,11,13-15H2,1-4H3,(H,29,32). The first kappa shape index (κ1) is 24.7. The molecular weight excluding hydrogens is 423 g/mol. The van der Waals surface area contributed by atoms with Gasteiger partial charge in [-0.3, -0.25) is 4.79 Å². The third-order valence-electron chi connectivity index (χ3n) is 5.57. The summed E-state index contributed by atoms with van der Waals surface area (Å²) < 4.78 is 18.9. The average molecular weight is 457 g/mol. The molecule has 1 heterocycles. The van der Waals surface area contributed by atoms with Crippen molar-refractivity contribution in [2.45, 2.75) is 45.8 Å². The highest BCUT2D eigenvalue weighted by molar-refractivity contribution is 6.05. The maximum atomic E-state index is 13.4. The zero-order valence-corrected chi connectivity index (χ0v) is 19.6. The third kappa shape index (κ3) is 7.27. The van der Waals surface area contributed by atoms with Crippen LogP contribution in [0.5, 0.6) is 5.75 Å². The van der Waals surface area contributed by atoms with E-state index in [1.165, 1.54) is 12.1 Å². The van der Waals surface area contributed by atoms with Crippen LogP contribution >= 0.6 is 0 Å². The van der Waals surface area contributed by atoms with Gasteiger partial charge in [-0.1, -0.05) is 25.1 Å². The number of nitrogens with zero attached hydrogens (tertiary/aromatic N) is 1. The van der Waals surface area contributed by atoms with Crippen molar-refractivity contribution in [2.24, 2.45) is 11.0 Å². The molecule has 0 bridgehead atoms. The zero-order chi connectivity index (χ0) is 24.0. The highest BCUT2D eigenvalue weighted by atomic mass is 19.1. The van der Waals surface area contributed by atoms with Gasteiger partial charge in [0.2, 0.25) is 5.91 Å². The molecule has 1 aliphatic rings. The van der Waals surface area contributed by atoms with Crippen LogP contribution in [0.1, 0.15) is 38.3 Å². The van der Waals surface area contributed by atoms with Crippen molar-refractivity contribution in [1.29, 1.82) is 0 Å². The Kier molecular flexibility index (Phi) is 8.05. The van der Waals surface area contributed by atoms with E-state index in [1.54, 1.807) is 6.07 Å². The van der Waals surface area contributed by atoms with Gasteiger partial charge in [-0.2, -0.15) is 5.10 Å². The molecule has 2 aromatic carbocycles. The van der Waals surface area contributed by atoms with Crippen LogP contribution in [0.15, 0.2) is 47.6 Å². The third-order valence-corrected chi connectivity index (χ3v) is 5.57. The second kappa shape index (κ2) is 10.8. The van der Waals surface area contributed by atoms with Crippen LogP contribution in [0.3, 0.4) is 0 Å². The lowest BCUT2D eigenvalue weighted by atomic mass is 9.94. The van der Waals surface area contributed by atoms with Crippen LogP contribution in [0.4, 0.5) is 10.1 Å². The molecule has 8 heteroatoms. The number of nitrogens with one attached hydrogen (secondary N) is 3. The van der Waals surface area contributed by atoms with E-state index in [0.717, 1.165) is 22.5 Å². The van der Waals surface area contributed by atoms with E-state index in [0.29, 0.717) is 25.3 Å². The lowest BCUT2D eigenvalue weighted by Gasteiger charge is -2.28. The first-order valence-corrected chi connectivity index (χ1v) is 11.2. The molecule has 0 saturated heterocycles. The molecule has 0 radical (unpaired) electrons. The van der Waals surface area contributed by atoms with Crippen molar-refractivity contribution in [1.82, 2.24) is 10.7 Å². The molecule has 2 aromatic rings. The quantitative estimate of drug-likeness (QED) is 0.440. The number of amides is 1. The Morgan fingerprint density at radius 1 is 1.27 bits per heavy atom. The SMILES string of the molecule is Cc1ccc(F)cc1OCC(O)CNC(C)(C)CNc1ccc(C2=NNC(=O)CC2C)cc1. The number of rotatable bonds is 10. The van der Waals surface area contributed by atoms with E-state index in [2.05, 4.69) is 21.2 Å². The van der Waals surface area contributed by atoms with Gasteiger partial charge in [0.15, 0.2) is 0 Å². The van der Waals surface area contributed by atoms with Crippen molar-refractivity contribution < 1.29 is 19.0 Å². The normalized spacial score (nSPS) is 17.2. The van der Waals surface area contributed by atoms with Crippen LogP contribution in [0.2, 0.25) is 0 Å². The molecule has 2 unspecified atom stereocenters. The molecule has 4 N–H and O–H groups in total. The zero-order valence-electron chi connectivity index (χ0n) is 19.6. The fourth-order valence-electron chi connectivity index (χ4n) is 3.52. The molecule has 0 fully saturated rings. The molecule has 178 valence electrons. The monoisotopic (exact) mass is 456 g/mol. The Morgan fingerprint density at radius 3 is 2.70 bits per heavy atom. The Morgan fingerprint density at radius 2 is 2.00 bits per heavy atom. The molecule has 0 aliphatic carbocycles. The van der Waals surface area contributed by atoms with Crippen molar-refractivity contribution >= 4 is 17.3 Å². The smallest absolute Gasteiger partial charge is 0.240 e. The van der Waals surface area contributed by atoms with Gasteiger partial charge in [0.05, 0.1) is 5.71 Å². The number of anilines is 1. The van der Waals surface area contributed by atoms with Gasteiger partial charge in [-0.05, 0) is 50.1 Å². The van der Waals surface area contributed by atoms with Crippen molar-refractivity contribution in [2.75, 3.05) is 25.0 Å². The van der Waals surface area contributed by atoms with Crippen molar-refractivity contribution in [3.63, 3.8) is 0 Å². The number of ether oxygens (including phenoxy) is 1. The summed E-state index contributed by atoms with van der Waals surface area (Å²) in [6.07, 6.45) is -0.290. The summed E-state index contributed by atoms with van der Waals surface area (Å²) in [5, 5.41) is 21.2. The number of carbonyl (C=O) groups excluding carboxylic acids is 1. The summed E-state index contributed by atoms with van der Waals surface area (Å²) in [6.45, 7) is 8.96. The van der Waals surface area contributed by atoms with E-state index in [9.17, 15) is 14.3 Å². The minimum atomic E-state index is -0.732. The van der Waals surface area contributed by atoms with E-state index in [4.69, 9.17) is 4.74 Å². The van der Waals surface area contributed by atoms with Crippen LogP contribution in [0.25, 0.3) is 0 Å². The molecule has 0 spiro atoms. The van der Waals surface area contributed by atoms with E-state index in [-0.39, 0.29) is 29.8 Å². The maximum Gasteiger partial charge on any atom is 0.240 e. The van der Waals surface area contributed by atoms with Crippen LogP contribution in [-0.4, -0.2) is 48.1 Å². The summed E-state index contributed by atoms with van der Waals surface area (Å²) in [7, 11) is 0.